The molecule has 134 heavy (non-hydrogen) atoms. The van der Waals surface area contributed by atoms with Gasteiger partial charge in [-0.2, -0.15) is 0 Å². The van der Waals surface area contributed by atoms with Crippen LogP contribution >= 0.6 is 0 Å². The third kappa shape index (κ3) is 27.8. The number of methoxy groups -OCH3 is 4. The first-order valence-corrected chi connectivity index (χ1v) is 48.5. The number of likely N-dealkylation sites (tertiary alicyclic amines) is 3. The molecule has 5 N–H and O–H groups in total. The molecule has 5 heterocycles. The molecule has 4 fully saturated rings. The molecular weight excluding hydrogens is 1720 g/mol. The van der Waals surface area contributed by atoms with Gasteiger partial charge >= 0.3 is 11.9 Å². The molecule has 1 saturated carbocycles. The fraction of sp³-hybridized carbons (Fsp3) is 0.683. The number of ketones is 1. The van der Waals surface area contributed by atoms with Gasteiger partial charge in [0.05, 0.1) is 66.4 Å². The number of ether oxygens (including phenoxy) is 5. The van der Waals surface area contributed by atoms with Gasteiger partial charge in [-0.25, -0.2) is 9.59 Å². The molecule has 0 radical (unpaired) electrons. The van der Waals surface area contributed by atoms with Crippen molar-refractivity contribution in [3.8, 4) is 0 Å². The summed E-state index contributed by atoms with van der Waals surface area (Å²) in [7, 11) is 9.31. The van der Waals surface area contributed by atoms with Gasteiger partial charge in [0, 0.05) is 132 Å². The van der Waals surface area contributed by atoms with Crippen LogP contribution in [0.15, 0.2) is 84.5 Å². The van der Waals surface area contributed by atoms with Gasteiger partial charge in [-0.05, 0) is 138 Å². The summed E-state index contributed by atoms with van der Waals surface area (Å²) in [5, 5.41) is 21.7. The minimum atomic E-state index is -1.40. The number of benzene rings is 2. The van der Waals surface area contributed by atoms with E-state index >= 15 is 4.79 Å². The second-order valence-corrected chi connectivity index (χ2v) is 39.0. The lowest BCUT2D eigenvalue weighted by atomic mass is 9.84. The van der Waals surface area contributed by atoms with Gasteiger partial charge < -0.3 is 74.6 Å². The largest absolute Gasteiger partial charge is 0.480 e. The summed E-state index contributed by atoms with van der Waals surface area (Å²) in [6.45, 7) is 22.4. The van der Waals surface area contributed by atoms with Crippen molar-refractivity contribution in [2.24, 2.45) is 47.3 Å². The molecule has 33 nitrogen and oxygen atoms in total. The maximum absolute atomic E-state index is 15.0. The number of rotatable bonds is 52. The Balaban J connectivity index is 0.808. The number of nitrogens with zero attached hydrogens (tertiary/aromatic N) is 7. The Morgan fingerprint density at radius 2 is 1.00 bits per heavy atom. The molecule has 6 aliphatic rings. The van der Waals surface area contributed by atoms with Crippen molar-refractivity contribution in [2.75, 3.05) is 81.9 Å². The van der Waals surface area contributed by atoms with Crippen molar-refractivity contribution >= 4 is 94.5 Å². The van der Waals surface area contributed by atoms with Gasteiger partial charge in [-0.1, -0.05) is 162 Å². The molecule has 742 valence electrons. The van der Waals surface area contributed by atoms with Crippen LogP contribution in [0.4, 0.5) is 0 Å². The molecule has 3 saturated heterocycles. The smallest absolute Gasteiger partial charge is 0.329 e. The van der Waals surface area contributed by atoms with Crippen LogP contribution in [0.1, 0.15) is 235 Å². The zero-order valence-electron chi connectivity index (χ0n) is 82.3. The second-order valence-electron chi connectivity index (χ2n) is 39.0. The molecule has 0 bridgehead atoms. The maximum Gasteiger partial charge on any atom is 0.329 e. The van der Waals surface area contributed by atoms with E-state index < -0.39 is 161 Å². The quantitative estimate of drug-likeness (QED) is 0.0179. The summed E-state index contributed by atoms with van der Waals surface area (Å²) in [5.74, 6) is -10.8. The Morgan fingerprint density at radius 1 is 0.515 bits per heavy atom. The Hall–Kier alpha value is -10.1. The Morgan fingerprint density at radius 3 is 1.49 bits per heavy atom. The zero-order valence-corrected chi connectivity index (χ0v) is 82.3. The molecular formula is C101H151N11O22. The number of carboxylic acid groups (broad SMARTS) is 1. The average Bonchev–Trinajstić information content (AvgIpc) is 1.62. The maximum atomic E-state index is 15.0. The summed E-state index contributed by atoms with van der Waals surface area (Å²) in [4.78, 5) is 233. The van der Waals surface area contributed by atoms with E-state index in [1.165, 1.54) is 48.2 Å². The first-order valence-electron chi connectivity index (χ1n) is 48.5. The van der Waals surface area contributed by atoms with E-state index in [4.69, 9.17) is 23.7 Å². The Bertz CT molecular complexity index is 4450. The van der Waals surface area contributed by atoms with E-state index in [9.17, 15) is 77.0 Å². The SMILES string of the molecule is CC[C@H](C)[C@@H]([C@@H](CC(=O)N1CCC[C@H]1[C@H](OC)[C@@H](C)C(=O)N[C@@H](Cc1ccccc1)C(=O)O)OC)N(C)C(=O)[C@@H](NC(=O)[C@]1(C)CCCN1C(=O)CCCN1C(=O)C=C(COC(=O)[C@H](Cc2ccccc2)NC(=O)[C@H](C)[C@@H](OC)[C@@H]2CCCC(CC(=O)C[C@@H](OC)[C@H]([C@@H](C)CC)N(C)C(=O)[C@@H](NC(=O)[C@@]3(C)CCCN3C(=O)CCCCCN3C(=O)C=CC3=O)C(C)C)CC2)C1=O)C(C)C. The van der Waals surface area contributed by atoms with Gasteiger partial charge in [0.1, 0.15) is 47.6 Å². The molecule has 2 aromatic rings. The number of Topliss-reactive ketones (excluding diaryl/α,β-unsaturated/α-hetero) is 1. The number of aliphatic carboxylic acids is 1. The van der Waals surface area contributed by atoms with Gasteiger partial charge in [0.2, 0.25) is 53.2 Å². The lowest BCUT2D eigenvalue weighted by Gasteiger charge is -2.41. The van der Waals surface area contributed by atoms with Crippen LogP contribution < -0.4 is 21.3 Å². The highest BCUT2D eigenvalue weighted by molar-refractivity contribution is 6.16. The first kappa shape index (κ1) is 109. The highest BCUT2D eigenvalue weighted by Crippen LogP contribution is 2.39. The highest BCUT2D eigenvalue weighted by atomic mass is 16.5. The third-order valence-corrected chi connectivity index (χ3v) is 29.2. The molecule has 0 aromatic heterocycles. The van der Waals surface area contributed by atoms with Crippen molar-refractivity contribution in [1.82, 2.24) is 55.6 Å². The lowest BCUT2D eigenvalue weighted by molar-refractivity contribution is -0.150. The van der Waals surface area contributed by atoms with Crippen molar-refractivity contribution in [3.05, 3.63) is 95.6 Å². The number of esters is 1. The molecule has 5 aliphatic heterocycles. The average molecular weight is 1870 g/mol. The van der Waals surface area contributed by atoms with E-state index in [0.717, 1.165) is 29.4 Å². The van der Waals surface area contributed by atoms with Gasteiger partial charge in [0.25, 0.3) is 23.6 Å². The fourth-order valence-electron chi connectivity index (χ4n) is 20.7. The summed E-state index contributed by atoms with van der Waals surface area (Å²) in [6.07, 6.45) is 10.1. The number of unbranched alkanes of at least 4 members (excludes halogenated alkanes) is 2. The molecule has 19 atom stereocenters. The van der Waals surface area contributed by atoms with Crippen molar-refractivity contribution < 1.29 is 106 Å². The van der Waals surface area contributed by atoms with E-state index in [1.54, 1.807) is 126 Å². The number of carbonyl (C=O) groups excluding carboxylic acids is 15. The van der Waals surface area contributed by atoms with Crippen LogP contribution in [-0.2, 0) is 113 Å². The number of hydrogen-bond donors (Lipinski definition) is 5. The summed E-state index contributed by atoms with van der Waals surface area (Å²) >= 11 is 0. The van der Waals surface area contributed by atoms with Crippen LogP contribution in [0, 0.1) is 47.3 Å². The lowest BCUT2D eigenvalue weighted by Crippen LogP contribution is -2.62. The summed E-state index contributed by atoms with van der Waals surface area (Å²) in [6, 6.07) is 11.7. The van der Waals surface area contributed by atoms with Gasteiger partial charge in [-0.3, -0.25) is 76.9 Å². The number of carboxylic acids is 1. The minimum Gasteiger partial charge on any atom is -0.480 e. The minimum absolute atomic E-state index is 0.000648. The van der Waals surface area contributed by atoms with Crippen molar-refractivity contribution in [3.63, 3.8) is 0 Å². The number of imide groups is 2. The number of carbonyl (C=O) groups is 16. The molecule has 33 heteroatoms. The van der Waals surface area contributed by atoms with Crippen molar-refractivity contribution in [1.29, 1.82) is 0 Å². The van der Waals surface area contributed by atoms with Crippen LogP contribution in [0.25, 0.3) is 0 Å². The van der Waals surface area contributed by atoms with Crippen LogP contribution in [-0.4, -0.2) is 294 Å². The van der Waals surface area contributed by atoms with Crippen LogP contribution in [0.2, 0.25) is 0 Å². The number of nitrogens with one attached hydrogen (secondary N) is 4. The van der Waals surface area contributed by atoms with Crippen LogP contribution in [0.3, 0.4) is 0 Å². The number of hydrogen-bond acceptors (Lipinski definition) is 21. The topological polar surface area (TPSA) is 410 Å². The van der Waals surface area contributed by atoms with Crippen LogP contribution in [0.5, 0.6) is 0 Å². The summed E-state index contributed by atoms with van der Waals surface area (Å²) in [5.41, 5.74) is -1.29. The molecule has 8 rings (SSSR count). The van der Waals surface area contributed by atoms with E-state index in [-0.39, 0.29) is 148 Å². The van der Waals surface area contributed by atoms with E-state index in [0.29, 0.717) is 102 Å². The van der Waals surface area contributed by atoms with E-state index in [2.05, 4.69) is 21.3 Å². The third-order valence-electron chi connectivity index (χ3n) is 29.2. The fourth-order valence-corrected chi connectivity index (χ4v) is 20.7. The first-order chi connectivity index (χ1) is 63.6. The second kappa shape index (κ2) is 51.2. The van der Waals surface area contributed by atoms with Crippen molar-refractivity contribution in [2.45, 2.75) is 315 Å². The number of amides is 13. The molecule has 2 aromatic carbocycles. The normalized spacial score (nSPS) is 22.4. The number of likely N-dealkylation sites (N-methyl/N-ethyl adjacent to an activating group) is 2. The Labute approximate surface area is 791 Å². The summed E-state index contributed by atoms with van der Waals surface area (Å²) < 4.78 is 30.1. The van der Waals surface area contributed by atoms with E-state index in [1.807, 2.05) is 53.7 Å². The van der Waals surface area contributed by atoms with Gasteiger partial charge in [0.15, 0.2) is 0 Å². The predicted octanol–water partition coefficient (Wildman–Crippen LogP) is 8.68. The van der Waals surface area contributed by atoms with Gasteiger partial charge in [-0.15, -0.1) is 0 Å². The monoisotopic (exact) mass is 1870 g/mol. The molecule has 0 spiro atoms. The Kier molecular flexibility index (Phi) is 41.7. The highest BCUT2D eigenvalue weighted by Gasteiger charge is 2.52. The standard InChI is InChI=1S/C101H151N11O22/c1-19-64(7)87(106(13)94(123)85(62(3)4)104-98(128)100(11)48-33-53-111(100)81(116)42-28-23-29-50-109-79(114)46-47-80(109)115)77(130-15)59-73(113)55-70-39-30-40-71(45-44-70)89(132-17)66(9)91(120)103-75(57-69-37-26-22-27-38-69)97(127)134-61-72-58-83(118)110(93(72)122)52-32-43-82(117)112-54-34-49-101(112,12)99(129)105-86(63(5)6)95(124)107(14)88(65(8)20-2)78(131-16)60-84(119)108-51-31-41-76(108)90(133-18)67(10)92(121)102-74(96(125)126)56-68-35-24-21-25-36-68/h21-22,24-27,35-38,46-47,58,62-67,70-71,74-78,85-90H,19-20,23,28-34,39-45,48-57,59-61H2,1-18H3,(H,102,121)(H,103,120)(H,104,128)(H,105,129)(H,125,126)/t64-,65-,66+,67+,70?,71+,74-,75-,76-,77+,78+,85-,86-,87-,88-,89+,90+,100+,101-/m0/s1. The zero-order chi connectivity index (χ0) is 98.8. The molecule has 13 amide bonds. The molecule has 1 aliphatic carbocycles. The molecule has 1 unspecified atom stereocenters. The predicted molar refractivity (Wildman–Crippen MR) is 501 cm³/mol.